The summed E-state index contributed by atoms with van der Waals surface area (Å²) < 4.78 is 38.1. The van der Waals surface area contributed by atoms with Crippen LogP contribution in [0.3, 0.4) is 0 Å². The van der Waals surface area contributed by atoms with Crippen LogP contribution >= 0.6 is 0 Å². The predicted octanol–water partition coefficient (Wildman–Crippen LogP) is 4.03. The number of nitrogens with zero attached hydrogens (tertiary/aromatic N) is 2. The topological polar surface area (TPSA) is 81.1 Å². The van der Waals surface area contributed by atoms with Crippen LogP contribution in [0.2, 0.25) is 0 Å². The molecule has 1 atom stereocenters. The van der Waals surface area contributed by atoms with Crippen LogP contribution in [0.25, 0.3) is 5.69 Å². The third-order valence-corrected chi connectivity index (χ3v) is 5.95. The van der Waals surface area contributed by atoms with E-state index < -0.39 is 9.84 Å². The third kappa shape index (κ3) is 4.59. The van der Waals surface area contributed by atoms with Gasteiger partial charge in [-0.3, -0.25) is 4.79 Å². The highest BCUT2D eigenvalue weighted by Crippen LogP contribution is 2.24. The summed E-state index contributed by atoms with van der Waals surface area (Å²) in [6.45, 7) is 5.75. The Morgan fingerprint density at radius 2 is 1.63 bits per heavy atom. The monoisotopic (exact) mass is 429 g/mol. The van der Waals surface area contributed by atoms with E-state index in [-0.39, 0.29) is 28.6 Å². The van der Waals surface area contributed by atoms with Gasteiger partial charge in [0, 0.05) is 6.26 Å². The fourth-order valence-electron chi connectivity index (χ4n) is 3.24. The van der Waals surface area contributed by atoms with Gasteiger partial charge in [-0.1, -0.05) is 26.0 Å². The predicted molar refractivity (Wildman–Crippen MR) is 113 cm³/mol. The molecule has 2 aromatic carbocycles. The van der Waals surface area contributed by atoms with Crippen LogP contribution in [0.15, 0.2) is 59.6 Å². The molecule has 158 valence electrons. The van der Waals surface area contributed by atoms with Crippen LogP contribution in [0.4, 0.5) is 4.39 Å². The highest BCUT2D eigenvalue weighted by Gasteiger charge is 2.22. The molecule has 0 bridgehead atoms. The first kappa shape index (κ1) is 21.7. The lowest BCUT2D eigenvalue weighted by atomic mass is 10.0. The van der Waals surface area contributed by atoms with Gasteiger partial charge in [-0.2, -0.15) is 5.10 Å². The van der Waals surface area contributed by atoms with Gasteiger partial charge in [-0.15, -0.1) is 0 Å². The van der Waals surface area contributed by atoms with E-state index in [1.54, 1.807) is 28.9 Å². The number of sulfone groups is 1. The summed E-state index contributed by atoms with van der Waals surface area (Å²) >= 11 is 0. The fraction of sp³-hybridized carbons (Fsp3) is 0.273. The van der Waals surface area contributed by atoms with Crippen molar-refractivity contribution in [3.05, 3.63) is 77.4 Å². The second-order valence-corrected chi connectivity index (χ2v) is 9.54. The number of rotatable bonds is 6. The molecular formula is C22H24FN3O3S. The van der Waals surface area contributed by atoms with Crippen LogP contribution in [0, 0.1) is 5.82 Å². The van der Waals surface area contributed by atoms with E-state index in [0.717, 1.165) is 17.5 Å². The third-order valence-electron chi connectivity index (χ3n) is 4.82. The van der Waals surface area contributed by atoms with Crippen molar-refractivity contribution in [1.82, 2.24) is 15.1 Å². The average molecular weight is 430 g/mol. The second-order valence-electron chi connectivity index (χ2n) is 7.52. The Balaban J connectivity index is 1.85. The van der Waals surface area contributed by atoms with E-state index >= 15 is 0 Å². The second kappa shape index (κ2) is 8.39. The Labute approximate surface area is 175 Å². The lowest BCUT2D eigenvalue weighted by molar-refractivity contribution is 0.0938. The summed E-state index contributed by atoms with van der Waals surface area (Å²) in [7, 11) is -3.27. The number of hydrogen-bond donors (Lipinski definition) is 1. The number of nitrogens with one attached hydrogen (secondary N) is 1. The number of benzene rings is 2. The van der Waals surface area contributed by atoms with Crippen molar-refractivity contribution in [2.45, 2.75) is 37.6 Å². The molecule has 0 aliphatic rings. The van der Waals surface area contributed by atoms with Gasteiger partial charge >= 0.3 is 0 Å². The van der Waals surface area contributed by atoms with Crippen molar-refractivity contribution in [3.63, 3.8) is 0 Å². The van der Waals surface area contributed by atoms with E-state index in [9.17, 15) is 17.6 Å². The van der Waals surface area contributed by atoms with E-state index in [4.69, 9.17) is 0 Å². The quantitative estimate of drug-likeness (QED) is 0.642. The van der Waals surface area contributed by atoms with E-state index in [1.165, 1.54) is 30.5 Å². The largest absolute Gasteiger partial charge is 0.345 e. The Morgan fingerprint density at radius 3 is 2.17 bits per heavy atom. The fourth-order valence-corrected chi connectivity index (χ4v) is 3.87. The van der Waals surface area contributed by atoms with Gasteiger partial charge in [-0.25, -0.2) is 17.5 Å². The molecule has 1 unspecified atom stereocenters. The maximum atomic E-state index is 13.3. The molecule has 0 aliphatic heterocycles. The lowest BCUT2D eigenvalue weighted by Crippen LogP contribution is -2.27. The Kier molecular flexibility index (Phi) is 6.07. The molecule has 1 N–H and O–H groups in total. The van der Waals surface area contributed by atoms with Gasteiger partial charge in [0.25, 0.3) is 5.91 Å². The molecule has 0 saturated carbocycles. The Bertz CT molecular complexity index is 1150. The normalized spacial score (nSPS) is 12.7. The smallest absolute Gasteiger partial charge is 0.255 e. The number of aromatic nitrogens is 2. The van der Waals surface area contributed by atoms with E-state index in [0.29, 0.717) is 11.3 Å². The van der Waals surface area contributed by atoms with Gasteiger partial charge in [0.2, 0.25) is 0 Å². The van der Waals surface area contributed by atoms with Crippen molar-refractivity contribution in [1.29, 1.82) is 0 Å². The summed E-state index contributed by atoms with van der Waals surface area (Å²) in [6.07, 6.45) is 2.66. The van der Waals surface area contributed by atoms with Crippen LogP contribution in [0.5, 0.6) is 0 Å². The maximum Gasteiger partial charge on any atom is 0.255 e. The minimum atomic E-state index is -3.27. The van der Waals surface area contributed by atoms with Crippen molar-refractivity contribution in [3.8, 4) is 5.69 Å². The molecule has 0 saturated heterocycles. The van der Waals surface area contributed by atoms with Gasteiger partial charge in [0.15, 0.2) is 9.84 Å². The van der Waals surface area contributed by atoms with Gasteiger partial charge < -0.3 is 5.32 Å². The number of carbonyl (C=O) groups excluding carboxylic acids is 1. The first-order valence-electron chi connectivity index (χ1n) is 9.52. The first-order chi connectivity index (χ1) is 14.1. The lowest BCUT2D eigenvalue weighted by Gasteiger charge is -2.16. The van der Waals surface area contributed by atoms with Gasteiger partial charge in [-0.05, 0) is 54.8 Å². The van der Waals surface area contributed by atoms with Crippen molar-refractivity contribution in [2.75, 3.05) is 6.26 Å². The summed E-state index contributed by atoms with van der Waals surface area (Å²) in [5.41, 5.74) is 2.61. The van der Waals surface area contributed by atoms with Crippen molar-refractivity contribution < 1.29 is 17.6 Å². The number of carbonyl (C=O) groups is 1. The SMILES string of the molecule is CC(C)c1c(C(=O)NC(C)c2ccc(S(C)(=O)=O)cc2)cnn1-c1ccc(F)cc1. The summed E-state index contributed by atoms with van der Waals surface area (Å²) in [5.74, 6) is -0.625. The molecule has 30 heavy (non-hydrogen) atoms. The van der Waals surface area contributed by atoms with Crippen molar-refractivity contribution >= 4 is 15.7 Å². The summed E-state index contributed by atoms with van der Waals surface area (Å²) in [6, 6.07) is 12.0. The molecule has 1 amide bonds. The van der Waals surface area contributed by atoms with Crippen LogP contribution in [0.1, 0.15) is 54.3 Å². The zero-order valence-corrected chi connectivity index (χ0v) is 18.1. The zero-order valence-electron chi connectivity index (χ0n) is 17.3. The van der Waals surface area contributed by atoms with Crippen LogP contribution < -0.4 is 5.32 Å². The summed E-state index contributed by atoms with van der Waals surface area (Å²) in [4.78, 5) is 13.2. The highest BCUT2D eigenvalue weighted by atomic mass is 32.2. The molecule has 0 fully saturated rings. The number of amides is 1. The van der Waals surface area contributed by atoms with Gasteiger partial charge in [0.1, 0.15) is 5.82 Å². The molecule has 6 nitrogen and oxygen atoms in total. The highest BCUT2D eigenvalue weighted by molar-refractivity contribution is 7.90. The number of hydrogen-bond acceptors (Lipinski definition) is 4. The summed E-state index contributed by atoms with van der Waals surface area (Å²) in [5, 5.41) is 7.28. The van der Waals surface area contributed by atoms with Crippen molar-refractivity contribution in [2.24, 2.45) is 0 Å². The minimum absolute atomic E-state index is 0.00246. The van der Waals surface area contributed by atoms with E-state index in [2.05, 4.69) is 10.4 Å². The molecule has 0 radical (unpaired) electrons. The Hall–Kier alpha value is -3.00. The van der Waals surface area contributed by atoms with Gasteiger partial charge in [0.05, 0.1) is 34.1 Å². The molecule has 0 spiro atoms. The standard InChI is InChI=1S/C22H24FN3O3S/c1-14(2)21-20(13-24-26(21)18-9-7-17(23)8-10-18)22(27)25-15(3)16-5-11-19(12-6-16)30(4,28)29/h5-15H,1-4H3,(H,25,27). The average Bonchev–Trinajstić information content (AvgIpc) is 3.13. The van der Waals surface area contributed by atoms with E-state index in [1.807, 2.05) is 20.8 Å². The number of halogens is 1. The molecular weight excluding hydrogens is 405 g/mol. The first-order valence-corrected chi connectivity index (χ1v) is 11.4. The molecule has 1 aromatic heterocycles. The van der Waals surface area contributed by atoms with Crippen LogP contribution in [-0.2, 0) is 9.84 Å². The molecule has 3 aromatic rings. The van der Waals surface area contributed by atoms with Crippen LogP contribution in [-0.4, -0.2) is 30.4 Å². The molecule has 3 rings (SSSR count). The molecule has 8 heteroatoms. The zero-order chi connectivity index (χ0) is 22.1. The molecule has 0 aliphatic carbocycles. The minimum Gasteiger partial charge on any atom is -0.345 e. The molecule has 1 heterocycles. The Morgan fingerprint density at radius 1 is 1.03 bits per heavy atom. The maximum absolute atomic E-state index is 13.3.